The Morgan fingerprint density at radius 2 is 1.91 bits per heavy atom. The molecule has 11 heavy (non-hydrogen) atoms. The number of nitrogens with zero attached hydrogens (tertiary/aromatic N) is 1. The van der Waals surface area contributed by atoms with Crippen molar-refractivity contribution in [1.82, 2.24) is 9.97 Å². The molecule has 0 aliphatic carbocycles. The van der Waals surface area contributed by atoms with Crippen molar-refractivity contribution in [1.29, 1.82) is 0 Å². The molecular formula is C8H10N2Se. The van der Waals surface area contributed by atoms with Crippen molar-refractivity contribution in [3.05, 3.63) is 14.7 Å². The Bertz CT molecular complexity index is 363. The van der Waals surface area contributed by atoms with E-state index >= 15 is 0 Å². The summed E-state index contributed by atoms with van der Waals surface area (Å²) in [5.41, 5.74) is 2.49. The van der Waals surface area contributed by atoms with Crippen molar-refractivity contribution in [2.45, 2.75) is 20.8 Å². The van der Waals surface area contributed by atoms with Crippen LogP contribution in [0.1, 0.15) is 14.7 Å². The number of rotatable bonds is 0. The van der Waals surface area contributed by atoms with Gasteiger partial charge in [-0.1, -0.05) is 0 Å². The molecule has 3 heteroatoms. The fourth-order valence-corrected chi connectivity index (χ4v) is 3.33. The van der Waals surface area contributed by atoms with Crippen molar-refractivity contribution in [3.63, 3.8) is 0 Å². The van der Waals surface area contributed by atoms with E-state index in [-0.39, 0.29) is 0 Å². The van der Waals surface area contributed by atoms with Crippen LogP contribution < -0.4 is 0 Å². The minimum absolute atomic E-state index is 0.557. The van der Waals surface area contributed by atoms with Gasteiger partial charge < -0.3 is 0 Å². The van der Waals surface area contributed by atoms with Crippen molar-refractivity contribution >= 4 is 25.5 Å². The molecule has 2 aromatic rings. The van der Waals surface area contributed by atoms with Crippen LogP contribution in [0.25, 0.3) is 11.0 Å². The number of H-pyrrole nitrogens is 1. The molecule has 2 heterocycles. The van der Waals surface area contributed by atoms with Crippen LogP contribution in [0.2, 0.25) is 0 Å². The molecule has 0 spiro atoms. The van der Waals surface area contributed by atoms with Crippen LogP contribution in [0.5, 0.6) is 0 Å². The van der Waals surface area contributed by atoms with Crippen molar-refractivity contribution in [3.8, 4) is 0 Å². The number of hydrogen-bond donors (Lipinski definition) is 1. The van der Waals surface area contributed by atoms with Gasteiger partial charge in [0.15, 0.2) is 0 Å². The Labute approximate surface area is 71.4 Å². The number of imidazole rings is 1. The van der Waals surface area contributed by atoms with E-state index in [1.165, 1.54) is 19.9 Å². The first-order valence-electron chi connectivity index (χ1n) is 3.61. The number of nitrogens with one attached hydrogen (secondary N) is 1. The predicted octanol–water partition coefficient (Wildman–Crippen LogP) is 1.55. The molecule has 1 N–H and O–H groups in total. The van der Waals surface area contributed by atoms with Gasteiger partial charge in [-0.05, 0) is 0 Å². The van der Waals surface area contributed by atoms with E-state index in [2.05, 4.69) is 23.8 Å². The fraction of sp³-hybridized carbons (Fsp3) is 0.375. The standard InChI is InChI=1S/C8H10N2Se/c1-4-7-8(5(2)11-4)10-6(3)9-7/h1-3H3,(H,9,10). The van der Waals surface area contributed by atoms with Gasteiger partial charge in [0.2, 0.25) is 0 Å². The normalized spacial score (nSPS) is 11.2. The number of aromatic nitrogens is 2. The molecule has 2 aromatic heterocycles. The molecule has 0 bridgehead atoms. The zero-order valence-corrected chi connectivity index (χ0v) is 8.57. The van der Waals surface area contributed by atoms with Gasteiger partial charge in [-0.3, -0.25) is 0 Å². The molecule has 2 nitrogen and oxygen atoms in total. The Morgan fingerprint density at radius 3 is 2.55 bits per heavy atom. The van der Waals surface area contributed by atoms with Crippen LogP contribution in [0, 0.1) is 20.8 Å². The van der Waals surface area contributed by atoms with Gasteiger partial charge in [0.25, 0.3) is 0 Å². The van der Waals surface area contributed by atoms with Crippen molar-refractivity contribution in [2.75, 3.05) is 0 Å². The van der Waals surface area contributed by atoms with E-state index < -0.39 is 0 Å². The van der Waals surface area contributed by atoms with Crippen LogP contribution in [-0.2, 0) is 0 Å². The van der Waals surface area contributed by atoms with E-state index in [1.807, 2.05) is 6.92 Å². The summed E-state index contributed by atoms with van der Waals surface area (Å²) in [7, 11) is 0. The molecule has 0 aromatic carbocycles. The van der Waals surface area contributed by atoms with Crippen LogP contribution in [-0.4, -0.2) is 24.5 Å². The molecule has 0 saturated heterocycles. The molecule has 0 aliphatic heterocycles. The summed E-state index contributed by atoms with van der Waals surface area (Å²) < 4.78 is 2.93. The van der Waals surface area contributed by atoms with E-state index in [0.29, 0.717) is 14.5 Å². The second kappa shape index (κ2) is 2.23. The molecular weight excluding hydrogens is 203 g/mol. The van der Waals surface area contributed by atoms with Gasteiger partial charge in [-0.25, -0.2) is 0 Å². The summed E-state index contributed by atoms with van der Waals surface area (Å²) >= 11 is 0.557. The molecule has 0 aliphatic rings. The average Bonchev–Trinajstić information content (AvgIpc) is 2.38. The summed E-state index contributed by atoms with van der Waals surface area (Å²) in [6.45, 7) is 6.37. The second-order valence-electron chi connectivity index (χ2n) is 2.76. The van der Waals surface area contributed by atoms with Gasteiger partial charge >= 0.3 is 71.0 Å². The molecule has 2 rings (SSSR count). The van der Waals surface area contributed by atoms with Crippen LogP contribution in [0.4, 0.5) is 0 Å². The van der Waals surface area contributed by atoms with Crippen molar-refractivity contribution < 1.29 is 0 Å². The monoisotopic (exact) mass is 214 g/mol. The SMILES string of the molecule is Cc1nc2c(C)[se]c(C)c2[nH]1. The van der Waals surface area contributed by atoms with E-state index in [0.717, 1.165) is 5.82 Å². The predicted molar refractivity (Wildman–Crippen MR) is 47.2 cm³/mol. The van der Waals surface area contributed by atoms with Gasteiger partial charge in [-0.2, -0.15) is 0 Å². The Balaban J connectivity index is 2.92. The van der Waals surface area contributed by atoms with Gasteiger partial charge in [0.05, 0.1) is 0 Å². The molecule has 58 valence electrons. The Hall–Kier alpha value is -0.531. The molecule has 0 unspecified atom stereocenters. The Kier molecular flexibility index (Phi) is 1.44. The van der Waals surface area contributed by atoms with Crippen molar-refractivity contribution in [2.24, 2.45) is 0 Å². The third kappa shape index (κ3) is 0.959. The van der Waals surface area contributed by atoms with Crippen LogP contribution in [0.3, 0.4) is 0 Å². The second-order valence-corrected chi connectivity index (χ2v) is 5.76. The number of hydrogen-bond acceptors (Lipinski definition) is 1. The van der Waals surface area contributed by atoms with Gasteiger partial charge in [-0.15, -0.1) is 0 Å². The summed E-state index contributed by atoms with van der Waals surface area (Å²) in [4.78, 5) is 7.71. The summed E-state index contributed by atoms with van der Waals surface area (Å²) in [5, 5.41) is 0. The zero-order chi connectivity index (χ0) is 8.01. The maximum absolute atomic E-state index is 4.42. The maximum atomic E-state index is 4.42. The number of aryl methyl sites for hydroxylation is 3. The topological polar surface area (TPSA) is 28.7 Å². The minimum atomic E-state index is 0.557. The Morgan fingerprint density at radius 1 is 1.18 bits per heavy atom. The fourth-order valence-electron chi connectivity index (χ4n) is 1.33. The van der Waals surface area contributed by atoms with E-state index in [1.54, 1.807) is 0 Å². The molecule has 0 amide bonds. The van der Waals surface area contributed by atoms with Gasteiger partial charge in [0.1, 0.15) is 0 Å². The molecule has 0 atom stereocenters. The first-order valence-corrected chi connectivity index (χ1v) is 5.32. The quantitative estimate of drug-likeness (QED) is 0.661. The summed E-state index contributed by atoms with van der Waals surface area (Å²) in [5.74, 6) is 1.03. The third-order valence-corrected chi connectivity index (χ3v) is 3.93. The molecule has 0 radical (unpaired) electrons. The van der Waals surface area contributed by atoms with Crippen LogP contribution in [0.15, 0.2) is 0 Å². The number of fused-ring (bicyclic) bond motifs is 1. The number of aromatic amines is 1. The third-order valence-electron chi connectivity index (χ3n) is 1.81. The first kappa shape index (κ1) is 7.14. The van der Waals surface area contributed by atoms with Crippen LogP contribution >= 0.6 is 0 Å². The van der Waals surface area contributed by atoms with Gasteiger partial charge in [0, 0.05) is 0 Å². The zero-order valence-electron chi connectivity index (χ0n) is 6.86. The average molecular weight is 213 g/mol. The van der Waals surface area contributed by atoms with E-state index in [4.69, 9.17) is 0 Å². The first-order chi connectivity index (χ1) is 5.18. The summed E-state index contributed by atoms with van der Waals surface area (Å²) in [6, 6.07) is 0. The molecule has 0 saturated carbocycles. The van der Waals surface area contributed by atoms with E-state index in [9.17, 15) is 0 Å². The summed E-state index contributed by atoms with van der Waals surface area (Å²) in [6.07, 6.45) is 0. The molecule has 0 fully saturated rings.